The summed E-state index contributed by atoms with van der Waals surface area (Å²) in [5.41, 5.74) is 0.00280. The predicted molar refractivity (Wildman–Crippen MR) is 59.7 cm³/mol. The number of aliphatic hydroxyl groups excluding tert-OH is 1. The van der Waals surface area contributed by atoms with Gasteiger partial charge in [-0.3, -0.25) is 0 Å². The van der Waals surface area contributed by atoms with Crippen molar-refractivity contribution in [3.05, 3.63) is 0 Å². The number of nitrogens with zero attached hydrogens (tertiary/aromatic N) is 1. The van der Waals surface area contributed by atoms with E-state index in [0.29, 0.717) is 6.54 Å². The summed E-state index contributed by atoms with van der Waals surface area (Å²) in [7, 11) is 0. The Balaban J connectivity index is 4.33. The molecule has 0 radical (unpaired) electrons. The zero-order valence-corrected chi connectivity index (χ0v) is 9.76. The second kappa shape index (κ2) is 5.04. The monoisotopic (exact) mass is 207 g/mol. The molecule has 0 aliphatic heterocycles. The van der Waals surface area contributed by atoms with E-state index in [9.17, 15) is 0 Å². The molecule has 0 aliphatic rings. The van der Waals surface area contributed by atoms with Gasteiger partial charge in [0.25, 0.3) is 0 Å². The number of β-amino-alcohol motifs (C(OH)–C–C–N with tert-alkyl or cyclic N) is 1. The number of aliphatic hydroxyl groups is 1. The summed E-state index contributed by atoms with van der Waals surface area (Å²) in [5.74, 6) is 0. The van der Waals surface area contributed by atoms with Crippen molar-refractivity contribution in [2.45, 2.75) is 26.3 Å². The lowest BCUT2D eigenvalue weighted by atomic mass is 10.1. The van der Waals surface area contributed by atoms with E-state index < -0.39 is 0 Å². The SMILES string of the molecule is CSC(=S)N(CCO)C(C)(C)C. The van der Waals surface area contributed by atoms with Gasteiger partial charge in [0.15, 0.2) is 0 Å². The average Bonchev–Trinajstić information content (AvgIpc) is 1.96. The first kappa shape index (κ1) is 12.2. The first-order valence-electron chi connectivity index (χ1n) is 3.90. The van der Waals surface area contributed by atoms with Crippen LogP contribution in [0.25, 0.3) is 0 Å². The molecule has 72 valence electrons. The Kier molecular flexibility index (Phi) is 5.13. The standard InChI is InChI=1S/C8H17NOS2/c1-8(2,3)9(5-6-10)7(11)12-4/h10H,5-6H2,1-4H3. The summed E-state index contributed by atoms with van der Waals surface area (Å²) in [5, 5.41) is 8.83. The molecule has 0 aromatic rings. The van der Waals surface area contributed by atoms with Crippen LogP contribution in [0.3, 0.4) is 0 Å². The largest absolute Gasteiger partial charge is 0.395 e. The van der Waals surface area contributed by atoms with E-state index in [1.54, 1.807) is 11.8 Å². The van der Waals surface area contributed by atoms with Crippen molar-refractivity contribution in [2.75, 3.05) is 19.4 Å². The maximum Gasteiger partial charge on any atom is 0.136 e. The first-order chi connectivity index (χ1) is 5.43. The van der Waals surface area contributed by atoms with Crippen LogP contribution < -0.4 is 0 Å². The predicted octanol–water partition coefficient (Wildman–Crippen LogP) is 1.73. The van der Waals surface area contributed by atoms with E-state index in [0.717, 1.165) is 4.32 Å². The third-order valence-corrected chi connectivity index (χ3v) is 2.82. The summed E-state index contributed by atoms with van der Waals surface area (Å²) in [6.45, 7) is 7.03. The third kappa shape index (κ3) is 3.74. The molecule has 12 heavy (non-hydrogen) atoms. The summed E-state index contributed by atoms with van der Waals surface area (Å²) < 4.78 is 0.844. The summed E-state index contributed by atoms with van der Waals surface area (Å²) in [6.07, 6.45) is 1.96. The second-order valence-corrected chi connectivity index (χ2v) is 4.96. The molecule has 0 spiro atoms. The van der Waals surface area contributed by atoms with Gasteiger partial charge in [0, 0.05) is 12.1 Å². The smallest absolute Gasteiger partial charge is 0.136 e. The van der Waals surface area contributed by atoms with E-state index in [-0.39, 0.29) is 12.1 Å². The van der Waals surface area contributed by atoms with E-state index in [1.807, 2.05) is 11.2 Å². The van der Waals surface area contributed by atoms with E-state index >= 15 is 0 Å². The lowest BCUT2D eigenvalue weighted by Crippen LogP contribution is -2.45. The lowest BCUT2D eigenvalue weighted by molar-refractivity contribution is 0.186. The van der Waals surface area contributed by atoms with E-state index in [1.165, 1.54) is 0 Å². The molecule has 0 fully saturated rings. The normalized spacial score (nSPS) is 11.4. The summed E-state index contributed by atoms with van der Waals surface area (Å²) in [4.78, 5) is 2.03. The Morgan fingerprint density at radius 3 is 2.25 bits per heavy atom. The number of hydrogen-bond acceptors (Lipinski definition) is 3. The molecule has 0 unspecified atom stereocenters. The molecule has 0 bridgehead atoms. The molecule has 0 heterocycles. The zero-order chi connectivity index (χ0) is 9.78. The van der Waals surface area contributed by atoms with Gasteiger partial charge in [-0.25, -0.2) is 0 Å². The van der Waals surface area contributed by atoms with E-state index in [4.69, 9.17) is 17.3 Å². The fraction of sp³-hybridized carbons (Fsp3) is 0.875. The maximum absolute atomic E-state index is 8.83. The summed E-state index contributed by atoms with van der Waals surface area (Å²) in [6, 6.07) is 0. The van der Waals surface area contributed by atoms with Crippen LogP contribution in [0, 0.1) is 0 Å². The fourth-order valence-electron chi connectivity index (χ4n) is 0.911. The van der Waals surface area contributed by atoms with Crippen LogP contribution in [0.5, 0.6) is 0 Å². The molecular weight excluding hydrogens is 190 g/mol. The van der Waals surface area contributed by atoms with Crippen molar-refractivity contribution in [1.29, 1.82) is 0 Å². The summed E-state index contributed by atoms with van der Waals surface area (Å²) >= 11 is 6.71. The molecule has 1 N–H and O–H groups in total. The van der Waals surface area contributed by atoms with Crippen LogP contribution in [0.15, 0.2) is 0 Å². The second-order valence-electron chi connectivity index (χ2n) is 3.52. The number of hydrogen-bond donors (Lipinski definition) is 1. The highest BCUT2D eigenvalue weighted by Gasteiger charge is 2.22. The number of thiocarbonyl (C=S) groups is 1. The first-order valence-corrected chi connectivity index (χ1v) is 5.53. The number of thioether (sulfide) groups is 1. The quantitative estimate of drug-likeness (QED) is 0.697. The van der Waals surface area contributed by atoms with Crippen molar-refractivity contribution >= 4 is 28.3 Å². The molecule has 0 aromatic heterocycles. The van der Waals surface area contributed by atoms with Gasteiger partial charge in [0.1, 0.15) is 4.32 Å². The van der Waals surface area contributed by atoms with Gasteiger partial charge in [-0.05, 0) is 27.0 Å². The maximum atomic E-state index is 8.83. The highest BCUT2D eigenvalue weighted by Crippen LogP contribution is 2.17. The van der Waals surface area contributed by atoms with Crippen LogP contribution in [0.4, 0.5) is 0 Å². The molecular formula is C8H17NOS2. The fourth-order valence-corrected chi connectivity index (χ4v) is 1.86. The Bertz CT molecular complexity index is 154. The molecule has 2 nitrogen and oxygen atoms in total. The highest BCUT2D eigenvalue weighted by molar-refractivity contribution is 8.22. The highest BCUT2D eigenvalue weighted by atomic mass is 32.2. The zero-order valence-electron chi connectivity index (χ0n) is 8.13. The average molecular weight is 207 g/mol. The van der Waals surface area contributed by atoms with Crippen LogP contribution in [0.1, 0.15) is 20.8 Å². The molecule has 0 amide bonds. The van der Waals surface area contributed by atoms with Crippen LogP contribution in [-0.4, -0.2) is 39.3 Å². The molecule has 0 atom stereocenters. The minimum absolute atomic E-state index is 0.00280. The van der Waals surface area contributed by atoms with Gasteiger partial charge < -0.3 is 10.0 Å². The Morgan fingerprint density at radius 2 is 2.00 bits per heavy atom. The molecule has 4 heteroatoms. The van der Waals surface area contributed by atoms with Crippen molar-refractivity contribution < 1.29 is 5.11 Å². The lowest BCUT2D eigenvalue weighted by Gasteiger charge is -2.36. The third-order valence-electron chi connectivity index (χ3n) is 1.53. The van der Waals surface area contributed by atoms with Gasteiger partial charge in [0.2, 0.25) is 0 Å². The van der Waals surface area contributed by atoms with Gasteiger partial charge in [0.05, 0.1) is 6.61 Å². The van der Waals surface area contributed by atoms with Gasteiger partial charge in [-0.2, -0.15) is 0 Å². The Hall–Kier alpha value is 0.200. The molecule has 0 aromatic carbocycles. The van der Waals surface area contributed by atoms with Crippen molar-refractivity contribution in [1.82, 2.24) is 4.90 Å². The van der Waals surface area contributed by atoms with Crippen LogP contribution in [-0.2, 0) is 0 Å². The van der Waals surface area contributed by atoms with Gasteiger partial charge >= 0.3 is 0 Å². The van der Waals surface area contributed by atoms with Crippen molar-refractivity contribution in [3.8, 4) is 0 Å². The molecule has 0 rings (SSSR count). The van der Waals surface area contributed by atoms with Crippen molar-refractivity contribution in [2.24, 2.45) is 0 Å². The van der Waals surface area contributed by atoms with Gasteiger partial charge in [-0.1, -0.05) is 12.2 Å². The van der Waals surface area contributed by atoms with Crippen molar-refractivity contribution in [3.63, 3.8) is 0 Å². The van der Waals surface area contributed by atoms with Crippen LogP contribution >= 0.6 is 24.0 Å². The topological polar surface area (TPSA) is 23.5 Å². The molecule has 0 aliphatic carbocycles. The molecule has 0 saturated carbocycles. The number of rotatable bonds is 2. The minimum Gasteiger partial charge on any atom is -0.395 e. The van der Waals surface area contributed by atoms with E-state index in [2.05, 4.69) is 20.8 Å². The van der Waals surface area contributed by atoms with Crippen LogP contribution in [0.2, 0.25) is 0 Å². The molecule has 0 saturated heterocycles. The Morgan fingerprint density at radius 1 is 1.50 bits per heavy atom. The Labute approximate surface area is 84.3 Å². The van der Waals surface area contributed by atoms with Gasteiger partial charge in [-0.15, -0.1) is 11.8 Å². The minimum atomic E-state index is 0.00280.